The summed E-state index contributed by atoms with van der Waals surface area (Å²) < 4.78 is 24.2. The Bertz CT molecular complexity index is 423. The summed E-state index contributed by atoms with van der Waals surface area (Å²) in [4.78, 5) is 0. The van der Waals surface area contributed by atoms with E-state index in [1.807, 2.05) is 12.1 Å². The van der Waals surface area contributed by atoms with Crippen molar-refractivity contribution in [1.82, 2.24) is 0 Å². The molecule has 2 saturated heterocycles. The van der Waals surface area contributed by atoms with Gasteiger partial charge in [-0.1, -0.05) is 30.3 Å². The van der Waals surface area contributed by atoms with Crippen molar-refractivity contribution in [1.29, 1.82) is 0 Å². The Balaban J connectivity index is 1.41. The Morgan fingerprint density at radius 1 is 1.05 bits per heavy atom. The van der Waals surface area contributed by atoms with Crippen LogP contribution in [-0.2, 0) is 9.47 Å². The molecule has 3 rings (SSSR count). The molecule has 2 aliphatic heterocycles. The van der Waals surface area contributed by atoms with Gasteiger partial charge in [0.05, 0.1) is 13.2 Å². The van der Waals surface area contributed by atoms with Gasteiger partial charge < -0.3 is 9.47 Å². The molecule has 2 fully saturated rings. The van der Waals surface area contributed by atoms with Crippen LogP contribution in [0.25, 0.3) is 0 Å². The Labute approximate surface area is 128 Å². The van der Waals surface area contributed by atoms with Crippen LogP contribution in [-0.4, -0.2) is 28.3 Å². The fourth-order valence-electron chi connectivity index (χ4n) is 3.37. The molecule has 0 atom stereocenters. The second-order valence-electron chi connectivity index (χ2n) is 6.14. The SMILES string of the molecule is Fc1ccc(C2CC[Si](CCC3OCCCO3)CC2)cc1. The largest absolute Gasteiger partial charge is 0.353 e. The van der Waals surface area contributed by atoms with Crippen molar-refractivity contribution >= 4 is 8.80 Å². The van der Waals surface area contributed by atoms with Crippen molar-refractivity contribution in [2.75, 3.05) is 13.2 Å². The van der Waals surface area contributed by atoms with E-state index in [1.165, 1.54) is 36.5 Å². The van der Waals surface area contributed by atoms with Gasteiger partial charge in [-0.2, -0.15) is 0 Å². The van der Waals surface area contributed by atoms with Crippen LogP contribution in [0.15, 0.2) is 24.3 Å². The van der Waals surface area contributed by atoms with Crippen LogP contribution in [0.4, 0.5) is 4.39 Å². The van der Waals surface area contributed by atoms with Crippen LogP contribution < -0.4 is 0 Å². The van der Waals surface area contributed by atoms with E-state index in [0.29, 0.717) is 5.92 Å². The summed E-state index contributed by atoms with van der Waals surface area (Å²) in [5.74, 6) is 0.508. The Hall–Kier alpha value is -0.713. The van der Waals surface area contributed by atoms with Crippen molar-refractivity contribution in [3.8, 4) is 0 Å². The quantitative estimate of drug-likeness (QED) is 0.770. The smallest absolute Gasteiger partial charge is 0.157 e. The lowest BCUT2D eigenvalue weighted by Crippen LogP contribution is -2.27. The van der Waals surface area contributed by atoms with Crippen molar-refractivity contribution < 1.29 is 13.9 Å². The van der Waals surface area contributed by atoms with E-state index >= 15 is 0 Å². The highest BCUT2D eigenvalue weighted by Gasteiger charge is 2.25. The van der Waals surface area contributed by atoms with Gasteiger partial charge in [-0.15, -0.1) is 0 Å². The van der Waals surface area contributed by atoms with E-state index in [-0.39, 0.29) is 20.9 Å². The second-order valence-corrected chi connectivity index (χ2v) is 9.14. The summed E-state index contributed by atoms with van der Waals surface area (Å²) in [6.45, 7) is 1.72. The summed E-state index contributed by atoms with van der Waals surface area (Å²) in [5.41, 5.74) is 1.32. The molecule has 0 aromatic heterocycles. The highest BCUT2D eigenvalue weighted by molar-refractivity contribution is 6.59. The maximum atomic E-state index is 13.0. The molecule has 0 bridgehead atoms. The third kappa shape index (κ3) is 4.38. The number of benzene rings is 1. The van der Waals surface area contributed by atoms with Crippen LogP contribution in [0.1, 0.15) is 37.2 Å². The molecule has 0 N–H and O–H groups in total. The van der Waals surface area contributed by atoms with Crippen LogP contribution in [0.5, 0.6) is 0 Å². The number of halogens is 1. The molecule has 0 unspecified atom stereocenters. The molecule has 0 saturated carbocycles. The average Bonchev–Trinajstić information content (AvgIpc) is 2.55. The Kier molecular flexibility index (Phi) is 5.44. The first-order valence-corrected chi connectivity index (χ1v) is 10.3. The third-order valence-electron chi connectivity index (χ3n) is 4.66. The molecule has 1 radical (unpaired) electrons. The molecule has 1 aromatic rings. The first-order valence-electron chi connectivity index (χ1n) is 8.13. The lowest BCUT2D eigenvalue weighted by atomic mass is 9.93. The molecular weight excluding hydrogens is 283 g/mol. The fourth-order valence-corrected chi connectivity index (χ4v) is 6.28. The van der Waals surface area contributed by atoms with Gasteiger partial charge in [-0.25, -0.2) is 4.39 Å². The molecule has 2 aliphatic rings. The molecule has 0 spiro atoms. The van der Waals surface area contributed by atoms with Gasteiger partial charge in [0.15, 0.2) is 6.29 Å². The van der Waals surface area contributed by atoms with E-state index in [1.54, 1.807) is 12.1 Å². The highest BCUT2D eigenvalue weighted by atomic mass is 28.3. The monoisotopic (exact) mass is 307 g/mol. The zero-order valence-electron chi connectivity index (χ0n) is 12.5. The van der Waals surface area contributed by atoms with Crippen LogP contribution in [0.3, 0.4) is 0 Å². The predicted molar refractivity (Wildman–Crippen MR) is 83.5 cm³/mol. The summed E-state index contributed by atoms with van der Waals surface area (Å²) in [7, 11) is -0.228. The molecule has 2 heterocycles. The minimum atomic E-state index is -0.228. The van der Waals surface area contributed by atoms with E-state index in [9.17, 15) is 4.39 Å². The van der Waals surface area contributed by atoms with Gasteiger partial charge in [0.25, 0.3) is 0 Å². The first kappa shape index (κ1) is 15.2. The topological polar surface area (TPSA) is 18.5 Å². The minimum Gasteiger partial charge on any atom is -0.353 e. The lowest BCUT2D eigenvalue weighted by Gasteiger charge is -2.29. The zero-order valence-corrected chi connectivity index (χ0v) is 13.5. The summed E-state index contributed by atoms with van der Waals surface area (Å²) in [6.07, 6.45) is 4.72. The first-order chi connectivity index (χ1) is 10.3. The van der Waals surface area contributed by atoms with Crippen molar-refractivity contribution in [2.45, 2.75) is 56.0 Å². The molecule has 1 aromatic carbocycles. The molecule has 0 amide bonds. The summed E-state index contributed by atoms with van der Waals surface area (Å²) >= 11 is 0. The molecule has 4 heteroatoms. The van der Waals surface area contributed by atoms with Crippen molar-refractivity contribution in [3.63, 3.8) is 0 Å². The highest BCUT2D eigenvalue weighted by Crippen LogP contribution is 2.35. The second kappa shape index (κ2) is 7.52. The van der Waals surface area contributed by atoms with E-state index in [2.05, 4.69) is 0 Å². The van der Waals surface area contributed by atoms with Gasteiger partial charge >= 0.3 is 0 Å². The normalized spacial score (nSPS) is 22.5. The number of ether oxygens (including phenoxy) is 2. The zero-order chi connectivity index (χ0) is 14.5. The number of rotatable bonds is 4. The van der Waals surface area contributed by atoms with Crippen LogP contribution >= 0.6 is 0 Å². The van der Waals surface area contributed by atoms with Crippen molar-refractivity contribution in [2.24, 2.45) is 0 Å². The molecule has 115 valence electrons. The standard InChI is InChI=1S/C17H24FO2Si/c18-16-4-2-14(3-5-16)15-6-11-21(12-7-15)13-8-17-19-9-1-10-20-17/h2-5,15,17H,1,6-13H2. The predicted octanol–water partition coefficient (Wildman–Crippen LogP) is 4.35. The molecular formula is C17H24FO2Si. The number of hydrogen-bond acceptors (Lipinski definition) is 2. The summed E-state index contributed by atoms with van der Waals surface area (Å²) in [5, 5.41) is 0. The number of hydrogen-bond donors (Lipinski definition) is 0. The Morgan fingerprint density at radius 3 is 2.38 bits per heavy atom. The third-order valence-corrected chi connectivity index (χ3v) is 7.65. The van der Waals surface area contributed by atoms with E-state index < -0.39 is 0 Å². The van der Waals surface area contributed by atoms with Crippen LogP contribution in [0.2, 0.25) is 18.1 Å². The minimum absolute atomic E-state index is 0.0612. The molecule has 21 heavy (non-hydrogen) atoms. The summed E-state index contributed by atoms with van der Waals surface area (Å²) in [6, 6.07) is 11.2. The van der Waals surface area contributed by atoms with E-state index in [0.717, 1.165) is 26.1 Å². The maximum absolute atomic E-state index is 13.0. The van der Waals surface area contributed by atoms with Crippen LogP contribution in [0, 0.1) is 5.82 Å². The lowest BCUT2D eigenvalue weighted by molar-refractivity contribution is -0.178. The fraction of sp³-hybridized carbons (Fsp3) is 0.647. The van der Waals surface area contributed by atoms with Gasteiger partial charge in [0.2, 0.25) is 0 Å². The van der Waals surface area contributed by atoms with Gasteiger partial charge in [-0.3, -0.25) is 0 Å². The van der Waals surface area contributed by atoms with Gasteiger partial charge in [0, 0.05) is 8.80 Å². The maximum Gasteiger partial charge on any atom is 0.157 e. The van der Waals surface area contributed by atoms with E-state index in [4.69, 9.17) is 9.47 Å². The van der Waals surface area contributed by atoms with Crippen molar-refractivity contribution in [3.05, 3.63) is 35.6 Å². The average molecular weight is 307 g/mol. The van der Waals surface area contributed by atoms with Gasteiger partial charge in [-0.05, 0) is 49.3 Å². The van der Waals surface area contributed by atoms with Gasteiger partial charge in [0.1, 0.15) is 5.82 Å². The molecule has 0 aliphatic carbocycles. The Morgan fingerprint density at radius 2 is 1.71 bits per heavy atom. The molecule has 2 nitrogen and oxygen atoms in total.